The van der Waals surface area contributed by atoms with Gasteiger partial charge in [0.15, 0.2) is 17.3 Å². The molecule has 0 radical (unpaired) electrons. The lowest BCUT2D eigenvalue weighted by Gasteiger charge is -2.15. The maximum atomic E-state index is 5.62. The van der Waals surface area contributed by atoms with Crippen molar-refractivity contribution in [2.24, 2.45) is 0 Å². The Hall–Kier alpha value is -2.93. The Kier molecular flexibility index (Phi) is 6.26. The van der Waals surface area contributed by atoms with Gasteiger partial charge in [-0.15, -0.1) is 0 Å². The number of ether oxygens (including phenoxy) is 5. The molecule has 1 aromatic carbocycles. The smallest absolute Gasteiger partial charge is 0.170 e. The van der Waals surface area contributed by atoms with Crippen molar-refractivity contribution in [2.45, 2.75) is 6.42 Å². The highest BCUT2D eigenvalue weighted by atomic mass is 32.1. The second-order valence-corrected chi connectivity index (χ2v) is 6.51. The zero-order valence-corrected chi connectivity index (χ0v) is 17.4. The summed E-state index contributed by atoms with van der Waals surface area (Å²) >= 11 is 1.38. The summed E-state index contributed by atoms with van der Waals surface area (Å²) in [6.07, 6.45) is 6.62. The van der Waals surface area contributed by atoms with Gasteiger partial charge in [0.25, 0.3) is 0 Å². The topological polar surface area (TPSA) is 59.0 Å². The molecule has 0 amide bonds. The molecule has 0 atom stereocenters. The molecule has 28 heavy (non-hydrogen) atoms. The molecule has 0 spiro atoms. The summed E-state index contributed by atoms with van der Waals surface area (Å²) in [5.41, 5.74) is 3.62. The van der Waals surface area contributed by atoms with Gasteiger partial charge in [0.05, 0.1) is 46.8 Å². The van der Waals surface area contributed by atoms with Gasteiger partial charge in [-0.1, -0.05) is 12.2 Å². The minimum absolute atomic E-state index is 0.589. The van der Waals surface area contributed by atoms with E-state index in [1.165, 1.54) is 11.5 Å². The summed E-state index contributed by atoms with van der Waals surface area (Å²) in [7, 11) is 8.11. The largest absolute Gasteiger partial charge is 0.497 e. The maximum Gasteiger partial charge on any atom is 0.170 e. The van der Waals surface area contributed by atoms with Gasteiger partial charge in [0.2, 0.25) is 0 Å². The summed E-state index contributed by atoms with van der Waals surface area (Å²) in [4.78, 5) is 0. The third-order valence-corrected chi connectivity index (χ3v) is 5.12. The van der Waals surface area contributed by atoms with Gasteiger partial charge in [-0.3, -0.25) is 0 Å². The third-order valence-electron chi connectivity index (χ3n) is 4.49. The molecule has 2 aromatic rings. The second kappa shape index (κ2) is 8.84. The summed E-state index contributed by atoms with van der Waals surface area (Å²) in [6, 6.07) is 3.69. The van der Waals surface area contributed by atoms with E-state index >= 15 is 0 Å². The molecule has 1 aliphatic rings. The summed E-state index contributed by atoms with van der Waals surface area (Å²) < 4.78 is 32.0. The van der Waals surface area contributed by atoms with Crippen molar-refractivity contribution in [3.8, 4) is 28.5 Å². The molecule has 0 bridgehead atoms. The van der Waals surface area contributed by atoms with Gasteiger partial charge in [0, 0.05) is 23.4 Å². The second-order valence-electron chi connectivity index (χ2n) is 5.88. The molecule has 0 fully saturated rings. The maximum absolute atomic E-state index is 5.62. The van der Waals surface area contributed by atoms with Crippen molar-refractivity contribution in [3.05, 3.63) is 52.8 Å². The Morgan fingerprint density at radius 3 is 2.32 bits per heavy atom. The van der Waals surface area contributed by atoms with Gasteiger partial charge >= 0.3 is 0 Å². The first-order valence-corrected chi connectivity index (χ1v) is 9.44. The molecular formula is C21H23NO5S. The molecule has 0 saturated heterocycles. The van der Waals surface area contributed by atoms with E-state index in [2.05, 4.69) is 10.4 Å². The van der Waals surface area contributed by atoms with Crippen molar-refractivity contribution in [3.63, 3.8) is 0 Å². The quantitative estimate of drug-likeness (QED) is 0.671. The van der Waals surface area contributed by atoms with Gasteiger partial charge in [0.1, 0.15) is 11.5 Å². The Morgan fingerprint density at radius 1 is 0.857 bits per heavy atom. The average molecular weight is 401 g/mol. The molecule has 1 heterocycles. The number of aromatic nitrogens is 1. The number of nitrogens with zero attached hydrogens (tertiary/aromatic N) is 1. The Morgan fingerprint density at radius 2 is 1.68 bits per heavy atom. The fourth-order valence-corrected chi connectivity index (χ4v) is 3.77. The first-order chi connectivity index (χ1) is 13.7. The molecule has 0 unspecified atom stereocenters. The van der Waals surface area contributed by atoms with Crippen LogP contribution >= 0.6 is 11.5 Å². The zero-order valence-electron chi connectivity index (χ0n) is 16.6. The van der Waals surface area contributed by atoms with Crippen molar-refractivity contribution >= 4 is 17.1 Å². The SMILES string of the molecule is COC1=C(OC)CC=C(c2csnc2-c2cc(OC)cc(OC)c2OC)C=C1. The van der Waals surface area contributed by atoms with E-state index < -0.39 is 0 Å². The number of benzene rings is 1. The lowest BCUT2D eigenvalue weighted by atomic mass is 9.99. The molecular weight excluding hydrogens is 378 g/mol. The molecule has 0 saturated carbocycles. The summed E-state index contributed by atoms with van der Waals surface area (Å²) in [5, 5.41) is 2.02. The van der Waals surface area contributed by atoms with Gasteiger partial charge in [-0.25, -0.2) is 0 Å². The summed E-state index contributed by atoms with van der Waals surface area (Å²) in [5.74, 6) is 3.35. The molecule has 0 aliphatic heterocycles. The van der Waals surface area contributed by atoms with Gasteiger partial charge in [-0.05, 0) is 29.2 Å². The van der Waals surface area contributed by atoms with Crippen LogP contribution in [0.15, 0.2) is 47.3 Å². The van der Waals surface area contributed by atoms with E-state index in [9.17, 15) is 0 Å². The third kappa shape index (κ3) is 3.71. The fraction of sp³-hybridized carbons (Fsp3) is 0.286. The molecule has 3 rings (SSSR count). The first kappa shape index (κ1) is 19.8. The number of hydrogen-bond acceptors (Lipinski definition) is 7. The molecule has 0 N–H and O–H groups in total. The number of rotatable bonds is 7. The number of methoxy groups -OCH3 is 5. The molecule has 148 valence electrons. The highest BCUT2D eigenvalue weighted by Crippen LogP contribution is 2.44. The Balaban J connectivity index is 2.10. The normalized spacial score (nSPS) is 13.7. The van der Waals surface area contributed by atoms with E-state index in [0.29, 0.717) is 29.4 Å². The highest BCUT2D eigenvalue weighted by Gasteiger charge is 2.21. The fourth-order valence-electron chi connectivity index (χ4n) is 3.06. The molecule has 6 nitrogen and oxygen atoms in total. The van der Waals surface area contributed by atoms with Crippen LogP contribution in [0, 0.1) is 0 Å². The van der Waals surface area contributed by atoms with Crippen molar-refractivity contribution in [2.75, 3.05) is 35.5 Å². The van der Waals surface area contributed by atoms with Crippen LogP contribution in [0.1, 0.15) is 12.0 Å². The monoisotopic (exact) mass is 401 g/mol. The lowest BCUT2D eigenvalue weighted by Crippen LogP contribution is -1.97. The van der Waals surface area contributed by atoms with Crippen LogP contribution in [-0.4, -0.2) is 39.9 Å². The van der Waals surface area contributed by atoms with E-state index in [-0.39, 0.29) is 0 Å². The number of hydrogen-bond donors (Lipinski definition) is 0. The minimum Gasteiger partial charge on any atom is -0.497 e. The van der Waals surface area contributed by atoms with Crippen molar-refractivity contribution in [1.29, 1.82) is 0 Å². The van der Waals surface area contributed by atoms with E-state index in [1.54, 1.807) is 41.6 Å². The molecule has 7 heteroatoms. The van der Waals surface area contributed by atoms with Gasteiger partial charge < -0.3 is 23.7 Å². The van der Waals surface area contributed by atoms with Crippen LogP contribution in [0.4, 0.5) is 0 Å². The summed E-state index contributed by atoms with van der Waals surface area (Å²) in [6.45, 7) is 0. The Bertz CT molecular complexity index is 942. The van der Waals surface area contributed by atoms with Crippen LogP contribution in [0.3, 0.4) is 0 Å². The predicted molar refractivity (Wildman–Crippen MR) is 110 cm³/mol. The van der Waals surface area contributed by atoms with E-state index in [1.807, 2.05) is 23.6 Å². The number of allylic oxidation sites excluding steroid dienone is 4. The lowest BCUT2D eigenvalue weighted by molar-refractivity contribution is 0.227. The van der Waals surface area contributed by atoms with Crippen molar-refractivity contribution in [1.82, 2.24) is 4.37 Å². The highest BCUT2D eigenvalue weighted by molar-refractivity contribution is 7.04. The van der Waals surface area contributed by atoms with Gasteiger partial charge in [-0.2, -0.15) is 4.37 Å². The van der Waals surface area contributed by atoms with Crippen molar-refractivity contribution < 1.29 is 23.7 Å². The van der Waals surface area contributed by atoms with E-state index in [0.717, 1.165) is 28.2 Å². The minimum atomic E-state index is 0.589. The predicted octanol–water partition coefficient (Wildman–Crippen LogP) is 4.68. The van der Waals surface area contributed by atoms with Crippen LogP contribution < -0.4 is 14.2 Å². The van der Waals surface area contributed by atoms with E-state index in [4.69, 9.17) is 23.7 Å². The Labute approximate surface area is 168 Å². The zero-order chi connectivity index (χ0) is 20.1. The van der Waals surface area contributed by atoms with Crippen LogP contribution in [0.2, 0.25) is 0 Å². The molecule has 1 aliphatic carbocycles. The van der Waals surface area contributed by atoms with Crippen LogP contribution in [0.5, 0.6) is 17.2 Å². The molecule has 1 aromatic heterocycles. The average Bonchev–Trinajstić information content (AvgIpc) is 3.12. The standard InChI is InChI=1S/C21H23NO5S/c1-23-14-10-15(21(27-5)19(11-14)26-4)20-16(12-28-22-20)13-6-8-17(24-2)18(25-3)9-7-13/h6-8,10-12H,9H2,1-5H3. The van der Waals surface area contributed by atoms with Crippen LogP contribution in [0.25, 0.3) is 16.8 Å². The first-order valence-electron chi connectivity index (χ1n) is 8.61. The van der Waals surface area contributed by atoms with Crippen LogP contribution in [-0.2, 0) is 9.47 Å².